The van der Waals surface area contributed by atoms with Crippen LogP contribution in [0.25, 0.3) is 0 Å². The van der Waals surface area contributed by atoms with Crippen molar-refractivity contribution in [1.29, 1.82) is 0 Å². The van der Waals surface area contributed by atoms with E-state index in [1.165, 1.54) is 7.11 Å². The van der Waals surface area contributed by atoms with Gasteiger partial charge in [-0.05, 0) is 0 Å². The van der Waals surface area contributed by atoms with E-state index in [0.717, 1.165) is 0 Å². The van der Waals surface area contributed by atoms with Crippen molar-refractivity contribution in [2.24, 2.45) is 5.41 Å². The van der Waals surface area contributed by atoms with Gasteiger partial charge in [-0.2, -0.15) is 0 Å². The minimum Gasteiger partial charge on any atom is -0.468 e. The van der Waals surface area contributed by atoms with Crippen molar-refractivity contribution in [3.63, 3.8) is 0 Å². The van der Waals surface area contributed by atoms with Crippen molar-refractivity contribution in [3.8, 4) is 0 Å². The van der Waals surface area contributed by atoms with Gasteiger partial charge in [-0.1, -0.05) is 20.8 Å². The first-order chi connectivity index (χ1) is 5.30. The average Bonchev–Trinajstić information content (AvgIpc) is 1.98. The molecule has 4 heteroatoms. The number of esters is 1. The molecule has 0 bridgehead atoms. The van der Waals surface area contributed by atoms with E-state index in [1.807, 2.05) is 0 Å². The third-order valence-electron chi connectivity index (χ3n) is 1.38. The maximum Gasteiger partial charge on any atom is 0.331 e. The summed E-state index contributed by atoms with van der Waals surface area (Å²) in [6, 6.07) is 0. The highest BCUT2D eigenvalue weighted by molar-refractivity contribution is 6.41. The predicted octanol–water partition coefficient (Wildman–Crippen LogP) is 1.38. The van der Waals surface area contributed by atoms with Crippen LogP contribution >= 0.6 is 11.6 Å². The third kappa shape index (κ3) is 2.81. The van der Waals surface area contributed by atoms with E-state index in [0.29, 0.717) is 0 Å². The van der Waals surface area contributed by atoms with Crippen LogP contribution in [-0.4, -0.2) is 24.2 Å². The summed E-state index contributed by atoms with van der Waals surface area (Å²) < 4.78 is 4.34. The molecule has 0 aromatic rings. The zero-order valence-corrected chi connectivity index (χ0v) is 8.44. The van der Waals surface area contributed by atoms with Gasteiger partial charge < -0.3 is 4.74 Å². The lowest BCUT2D eigenvalue weighted by Crippen LogP contribution is -2.35. The van der Waals surface area contributed by atoms with Crippen molar-refractivity contribution >= 4 is 23.4 Å². The summed E-state index contributed by atoms with van der Waals surface area (Å²) in [4.78, 5) is 22.2. The molecular weight excluding hydrogens is 180 g/mol. The van der Waals surface area contributed by atoms with Crippen LogP contribution in [0.1, 0.15) is 20.8 Å². The number of alkyl halides is 1. The molecule has 0 rings (SSSR count). The Bertz CT molecular complexity index is 193. The van der Waals surface area contributed by atoms with Crippen LogP contribution in [0.3, 0.4) is 0 Å². The van der Waals surface area contributed by atoms with Gasteiger partial charge in [0.05, 0.1) is 7.11 Å². The van der Waals surface area contributed by atoms with Crippen molar-refractivity contribution in [3.05, 3.63) is 0 Å². The van der Waals surface area contributed by atoms with Crippen molar-refractivity contribution in [2.75, 3.05) is 7.11 Å². The van der Waals surface area contributed by atoms with Crippen LogP contribution in [0.15, 0.2) is 0 Å². The van der Waals surface area contributed by atoms with Crippen LogP contribution in [0, 0.1) is 5.41 Å². The fraction of sp³-hybridized carbons (Fsp3) is 0.750. The highest BCUT2D eigenvalue weighted by Crippen LogP contribution is 2.20. The Kier molecular flexibility index (Phi) is 3.71. The van der Waals surface area contributed by atoms with E-state index in [1.54, 1.807) is 20.8 Å². The van der Waals surface area contributed by atoms with Gasteiger partial charge in [0.2, 0.25) is 0 Å². The summed E-state index contributed by atoms with van der Waals surface area (Å²) in [5.41, 5.74) is -0.611. The first kappa shape index (κ1) is 11.4. The lowest BCUT2D eigenvalue weighted by Gasteiger charge is -2.18. The van der Waals surface area contributed by atoms with Gasteiger partial charge in [0.15, 0.2) is 11.2 Å². The van der Waals surface area contributed by atoms with E-state index in [4.69, 9.17) is 11.6 Å². The summed E-state index contributed by atoms with van der Waals surface area (Å²) in [5.74, 6) is -1.02. The Balaban J connectivity index is 4.41. The second-order valence-corrected chi connectivity index (χ2v) is 3.94. The van der Waals surface area contributed by atoms with E-state index in [9.17, 15) is 9.59 Å². The molecule has 0 fully saturated rings. The minimum atomic E-state index is -1.19. The fourth-order valence-electron chi connectivity index (χ4n) is 0.591. The number of hydrogen-bond acceptors (Lipinski definition) is 3. The molecule has 0 heterocycles. The molecule has 12 heavy (non-hydrogen) atoms. The largest absolute Gasteiger partial charge is 0.468 e. The van der Waals surface area contributed by atoms with Crippen LogP contribution in [0.4, 0.5) is 0 Å². The zero-order chi connectivity index (χ0) is 9.94. The number of methoxy groups -OCH3 is 1. The molecule has 70 valence electrons. The van der Waals surface area contributed by atoms with Gasteiger partial charge in [-0.15, -0.1) is 11.6 Å². The summed E-state index contributed by atoms with van der Waals surface area (Å²) >= 11 is 5.54. The SMILES string of the molecule is COC(=O)[C@H](Cl)C(=O)C(C)(C)C. The summed E-state index contributed by atoms with van der Waals surface area (Å²) in [6.45, 7) is 5.11. The lowest BCUT2D eigenvalue weighted by molar-refractivity contribution is -0.144. The van der Waals surface area contributed by atoms with Crippen LogP contribution < -0.4 is 0 Å². The molecule has 0 amide bonds. The van der Waals surface area contributed by atoms with E-state index in [-0.39, 0.29) is 5.78 Å². The first-order valence-corrected chi connectivity index (χ1v) is 4.00. The van der Waals surface area contributed by atoms with Gasteiger partial charge in [-0.25, -0.2) is 4.79 Å². The number of ether oxygens (including phenoxy) is 1. The van der Waals surface area contributed by atoms with Gasteiger partial charge >= 0.3 is 5.97 Å². The van der Waals surface area contributed by atoms with Gasteiger partial charge in [0.1, 0.15) is 0 Å². The Morgan fingerprint density at radius 3 is 2.00 bits per heavy atom. The van der Waals surface area contributed by atoms with Crippen molar-refractivity contribution < 1.29 is 14.3 Å². The van der Waals surface area contributed by atoms with Crippen LogP contribution in [0.5, 0.6) is 0 Å². The van der Waals surface area contributed by atoms with Gasteiger partial charge in [0.25, 0.3) is 0 Å². The molecule has 0 spiro atoms. The Morgan fingerprint density at radius 1 is 1.33 bits per heavy atom. The Morgan fingerprint density at radius 2 is 1.75 bits per heavy atom. The number of rotatable bonds is 2. The molecule has 0 radical (unpaired) electrons. The highest BCUT2D eigenvalue weighted by Gasteiger charge is 2.33. The molecule has 0 saturated heterocycles. The number of halogens is 1. The third-order valence-corrected chi connectivity index (χ3v) is 1.75. The molecule has 3 nitrogen and oxygen atoms in total. The standard InChI is InChI=1S/C8H13ClO3/c1-8(2,3)6(10)5(9)7(11)12-4/h5H,1-4H3/t5-/m1/s1. The Hall–Kier alpha value is -0.570. The maximum absolute atomic E-state index is 11.3. The quantitative estimate of drug-likeness (QED) is 0.377. The van der Waals surface area contributed by atoms with E-state index >= 15 is 0 Å². The van der Waals surface area contributed by atoms with Crippen LogP contribution in [0.2, 0.25) is 0 Å². The molecule has 1 atom stereocenters. The topological polar surface area (TPSA) is 43.4 Å². The van der Waals surface area contributed by atoms with Gasteiger partial charge in [0, 0.05) is 5.41 Å². The van der Waals surface area contributed by atoms with E-state index < -0.39 is 16.8 Å². The molecule has 0 N–H and O–H groups in total. The number of Topliss-reactive ketones (excluding diaryl/α,β-unsaturated/α-hetero) is 1. The average molecular weight is 193 g/mol. The van der Waals surface area contributed by atoms with Crippen LogP contribution in [-0.2, 0) is 14.3 Å². The van der Waals surface area contributed by atoms with Crippen molar-refractivity contribution in [1.82, 2.24) is 0 Å². The highest BCUT2D eigenvalue weighted by atomic mass is 35.5. The number of carbonyl (C=O) groups is 2. The lowest BCUT2D eigenvalue weighted by atomic mass is 9.89. The molecule has 0 aliphatic rings. The summed E-state index contributed by atoms with van der Waals surface area (Å²) in [5, 5.41) is -1.19. The normalized spacial score (nSPS) is 13.8. The monoisotopic (exact) mass is 192 g/mol. The molecule has 0 aromatic heterocycles. The smallest absolute Gasteiger partial charge is 0.331 e. The summed E-state index contributed by atoms with van der Waals surface area (Å²) in [6.07, 6.45) is 0. The second-order valence-electron chi connectivity index (χ2n) is 3.50. The number of hydrogen-bond donors (Lipinski definition) is 0. The first-order valence-electron chi connectivity index (χ1n) is 3.57. The number of ketones is 1. The predicted molar refractivity (Wildman–Crippen MR) is 46.1 cm³/mol. The summed E-state index contributed by atoms with van der Waals surface area (Å²) in [7, 11) is 1.20. The molecule has 0 aliphatic heterocycles. The molecular formula is C8H13ClO3. The van der Waals surface area contributed by atoms with Gasteiger partial charge in [-0.3, -0.25) is 4.79 Å². The number of carbonyl (C=O) groups excluding carboxylic acids is 2. The molecule has 0 unspecified atom stereocenters. The molecule has 0 aromatic carbocycles. The second kappa shape index (κ2) is 3.90. The van der Waals surface area contributed by atoms with Crippen molar-refractivity contribution in [2.45, 2.75) is 26.1 Å². The minimum absolute atomic E-state index is 0.323. The maximum atomic E-state index is 11.3. The van der Waals surface area contributed by atoms with E-state index in [2.05, 4.69) is 4.74 Å². The zero-order valence-electron chi connectivity index (χ0n) is 7.68. The molecule has 0 aliphatic carbocycles. The fourth-order valence-corrected chi connectivity index (χ4v) is 1.01. The molecule has 0 saturated carbocycles. The Labute approximate surface area is 77.0 Å².